The summed E-state index contributed by atoms with van der Waals surface area (Å²) in [5.41, 5.74) is -1.27. The van der Waals surface area contributed by atoms with E-state index in [0.717, 1.165) is 30.7 Å². The fraction of sp³-hybridized carbons (Fsp3) is 0.318. The molecule has 0 atom stereocenters. The number of halogens is 4. The van der Waals surface area contributed by atoms with Gasteiger partial charge >= 0.3 is 6.18 Å². The van der Waals surface area contributed by atoms with Crippen LogP contribution in [0, 0.1) is 5.82 Å². The molecule has 1 heterocycles. The van der Waals surface area contributed by atoms with Crippen LogP contribution in [-0.2, 0) is 6.18 Å². The Labute approximate surface area is 181 Å². The Morgan fingerprint density at radius 1 is 1.00 bits per heavy atom. The van der Waals surface area contributed by atoms with Gasteiger partial charge in [-0.15, -0.1) is 5.10 Å². The molecule has 2 aromatic carbocycles. The van der Waals surface area contributed by atoms with E-state index in [0.29, 0.717) is 16.4 Å². The summed E-state index contributed by atoms with van der Waals surface area (Å²) >= 11 is 0. The smallest absolute Gasteiger partial charge is 0.382 e. The maximum absolute atomic E-state index is 13.7. The van der Waals surface area contributed by atoms with Crippen LogP contribution in [0.3, 0.4) is 0 Å². The number of anilines is 2. The van der Waals surface area contributed by atoms with Crippen molar-refractivity contribution in [2.45, 2.75) is 44.3 Å². The zero-order valence-electron chi connectivity index (χ0n) is 17.0. The fourth-order valence-electron chi connectivity index (χ4n) is 3.80. The fourth-order valence-corrected chi connectivity index (χ4v) is 3.80. The molecule has 0 saturated heterocycles. The molecule has 0 unspecified atom stereocenters. The van der Waals surface area contributed by atoms with Crippen molar-refractivity contribution in [3.8, 4) is 5.69 Å². The van der Waals surface area contributed by atoms with Gasteiger partial charge in [0.1, 0.15) is 5.82 Å². The zero-order chi connectivity index (χ0) is 22.7. The summed E-state index contributed by atoms with van der Waals surface area (Å²) in [5, 5.41) is 12.7. The molecule has 168 valence electrons. The molecular weight excluding hydrogens is 426 g/mol. The molecule has 0 radical (unpaired) electrons. The average molecular weight is 447 g/mol. The minimum Gasteiger partial charge on any atom is -0.382 e. The van der Waals surface area contributed by atoms with E-state index in [9.17, 15) is 22.4 Å². The number of carbonyl (C=O) groups excluding carboxylic acids is 1. The van der Waals surface area contributed by atoms with Crippen LogP contribution in [0.25, 0.3) is 5.69 Å². The molecule has 6 nitrogen and oxygen atoms in total. The van der Waals surface area contributed by atoms with Crippen molar-refractivity contribution in [3.05, 3.63) is 65.7 Å². The standard InChI is InChI=1S/C22H21F4N5O/c23-14-5-4-8-18(13-14)31-20(22(24,25)26)19(29-30-31)21(32)28-17-11-9-16(10-12-17)27-15-6-2-1-3-7-15/h4-5,8-13,15,27H,1-3,6-7H2,(H,28,32). The Balaban J connectivity index is 1.53. The number of alkyl halides is 3. The average Bonchev–Trinajstić information content (AvgIpc) is 3.22. The molecule has 10 heteroatoms. The topological polar surface area (TPSA) is 71.8 Å². The van der Waals surface area contributed by atoms with E-state index >= 15 is 0 Å². The predicted octanol–water partition coefficient (Wildman–Crippen LogP) is 5.42. The normalized spacial score (nSPS) is 14.9. The summed E-state index contributed by atoms with van der Waals surface area (Å²) in [6.45, 7) is 0. The largest absolute Gasteiger partial charge is 0.435 e. The van der Waals surface area contributed by atoms with E-state index in [1.165, 1.54) is 31.4 Å². The highest BCUT2D eigenvalue weighted by molar-refractivity contribution is 6.03. The highest BCUT2D eigenvalue weighted by atomic mass is 19.4. The molecule has 2 N–H and O–H groups in total. The third-order valence-corrected chi connectivity index (χ3v) is 5.33. The number of nitrogens with zero attached hydrogens (tertiary/aromatic N) is 3. The lowest BCUT2D eigenvalue weighted by Crippen LogP contribution is -2.22. The highest BCUT2D eigenvalue weighted by Gasteiger charge is 2.42. The summed E-state index contributed by atoms with van der Waals surface area (Å²) in [6.07, 6.45) is 0.871. The maximum Gasteiger partial charge on any atom is 0.435 e. The number of benzene rings is 2. The first-order chi connectivity index (χ1) is 15.3. The van der Waals surface area contributed by atoms with Gasteiger partial charge in [-0.3, -0.25) is 4.79 Å². The van der Waals surface area contributed by atoms with Gasteiger partial charge in [0.2, 0.25) is 0 Å². The molecule has 1 aliphatic rings. The van der Waals surface area contributed by atoms with Crippen LogP contribution in [0.5, 0.6) is 0 Å². The Bertz CT molecular complexity index is 1090. The van der Waals surface area contributed by atoms with Gasteiger partial charge in [-0.2, -0.15) is 13.2 Å². The Hall–Kier alpha value is -3.43. The van der Waals surface area contributed by atoms with Crippen molar-refractivity contribution in [1.82, 2.24) is 15.0 Å². The Morgan fingerprint density at radius 2 is 1.69 bits per heavy atom. The lowest BCUT2D eigenvalue weighted by atomic mass is 9.95. The van der Waals surface area contributed by atoms with Gasteiger partial charge in [-0.25, -0.2) is 9.07 Å². The Morgan fingerprint density at radius 3 is 2.34 bits per heavy atom. The molecule has 3 aromatic rings. The van der Waals surface area contributed by atoms with Crippen molar-refractivity contribution < 1.29 is 22.4 Å². The van der Waals surface area contributed by atoms with Crippen LogP contribution in [0.15, 0.2) is 48.5 Å². The number of nitrogens with one attached hydrogen (secondary N) is 2. The number of rotatable bonds is 5. The van der Waals surface area contributed by atoms with E-state index in [1.807, 2.05) is 0 Å². The van der Waals surface area contributed by atoms with Crippen molar-refractivity contribution in [3.63, 3.8) is 0 Å². The third kappa shape index (κ3) is 4.90. The number of hydrogen-bond acceptors (Lipinski definition) is 4. The molecule has 1 saturated carbocycles. The lowest BCUT2D eigenvalue weighted by Gasteiger charge is -2.23. The highest BCUT2D eigenvalue weighted by Crippen LogP contribution is 2.33. The predicted molar refractivity (Wildman–Crippen MR) is 111 cm³/mol. The first kappa shape index (κ1) is 21.8. The summed E-state index contributed by atoms with van der Waals surface area (Å²) in [7, 11) is 0. The summed E-state index contributed by atoms with van der Waals surface area (Å²) in [5.74, 6) is -1.80. The van der Waals surface area contributed by atoms with Crippen molar-refractivity contribution >= 4 is 17.3 Å². The van der Waals surface area contributed by atoms with Crippen LogP contribution < -0.4 is 10.6 Å². The number of aromatic nitrogens is 3. The quantitative estimate of drug-likeness (QED) is 0.512. The number of hydrogen-bond donors (Lipinski definition) is 2. The second-order valence-electron chi connectivity index (χ2n) is 7.69. The molecular formula is C22H21F4N5O. The molecule has 0 bridgehead atoms. The molecule has 1 amide bonds. The SMILES string of the molecule is O=C(Nc1ccc(NC2CCCCC2)cc1)c1nnn(-c2cccc(F)c2)c1C(F)(F)F. The number of carbonyl (C=O) groups is 1. The molecule has 1 aliphatic carbocycles. The Kier molecular flexibility index (Phi) is 6.11. The molecule has 1 fully saturated rings. The van der Waals surface area contributed by atoms with Crippen LogP contribution >= 0.6 is 0 Å². The summed E-state index contributed by atoms with van der Waals surface area (Å²) < 4.78 is 55.1. The zero-order valence-corrected chi connectivity index (χ0v) is 17.0. The van der Waals surface area contributed by atoms with Crippen LogP contribution in [0.1, 0.15) is 48.3 Å². The van der Waals surface area contributed by atoms with Gasteiger partial charge < -0.3 is 10.6 Å². The van der Waals surface area contributed by atoms with E-state index in [-0.39, 0.29) is 5.69 Å². The minimum atomic E-state index is -4.93. The van der Waals surface area contributed by atoms with Gasteiger partial charge in [0.05, 0.1) is 5.69 Å². The van der Waals surface area contributed by atoms with E-state index in [1.54, 1.807) is 24.3 Å². The lowest BCUT2D eigenvalue weighted by molar-refractivity contribution is -0.143. The second kappa shape index (κ2) is 8.97. The van der Waals surface area contributed by atoms with Gasteiger partial charge in [-0.05, 0) is 55.3 Å². The van der Waals surface area contributed by atoms with Gasteiger partial charge in [0, 0.05) is 17.4 Å². The first-order valence-corrected chi connectivity index (χ1v) is 10.3. The minimum absolute atomic E-state index is 0.193. The molecule has 0 spiro atoms. The van der Waals surface area contributed by atoms with Gasteiger partial charge in [-0.1, -0.05) is 30.5 Å². The molecule has 32 heavy (non-hydrogen) atoms. The van der Waals surface area contributed by atoms with Gasteiger partial charge in [0.25, 0.3) is 5.91 Å². The van der Waals surface area contributed by atoms with Crippen LogP contribution in [0.2, 0.25) is 0 Å². The first-order valence-electron chi connectivity index (χ1n) is 10.3. The molecule has 1 aromatic heterocycles. The maximum atomic E-state index is 13.7. The molecule has 0 aliphatic heterocycles. The third-order valence-electron chi connectivity index (χ3n) is 5.33. The summed E-state index contributed by atoms with van der Waals surface area (Å²) in [4.78, 5) is 12.6. The monoisotopic (exact) mass is 447 g/mol. The van der Waals surface area contributed by atoms with Crippen molar-refractivity contribution in [2.24, 2.45) is 0 Å². The second-order valence-corrected chi connectivity index (χ2v) is 7.69. The van der Waals surface area contributed by atoms with E-state index in [4.69, 9.17) is 0 Å². The number of amides is 1. The van der Waals surface area contributed by atoms with Crippen molar-refractivity contribution in [2.75, 3.05) is 10.6 Å². The molecule has 4 rings (SSSR count). The van der Waals surface area contributed by atoms with E-state index in [2.05, 4.69) is 20.9 Å². The van der Waals surface area contributed by atoms with Crippen molar-refractivity contribution in [1.29, 1.82) is 0 Å². The van der Waals surface area contributed by atoms with E-state index < -0.39 is 29.3 Å². The summed E-state index contributed by atoms with van der Waals surface area (Å²) in [6, 6.07) is 11.6. The van der Waals surface area contributed by atoms with Crippen LogP contribution in [-0.4, -0.2) is 26.9 Å². The van der Waals surface area contributed by atoms with Crippen LogP contribution in [0.4, 0.5) is 28.9 Å². The van der Waals surface area contributed by atoms with Gasteiger partial charge in [0.15, 0.2) is 11.4 Å².